The van der Waals surface area contributed by atoms with Gasteiger partial charge >= 0.3 is 17.8 Å². The van der Waals surface area contributed by atoms with Gasteiger partial charge < -0.3 is 4.74 Å². The van der Waals surface area contributed by atoms with E-state index in [2.05, 4.69) is 0 Å². The van der Waals surface area contributed by atoms with Gasteiger partial charge in [-0.05, 0) is 25.2 Å². The summed E-state index contributed by atoms with van der Waals surface area (Å²) < 4.78 is 5.25. The van der Waals surface area contributed by atoms with Crippen molar-refractivity contribution in [3.8, 4) is 5.75 Å². The van der Waals surface area contributed by atoms with E-state index in [9.17, 15) is 14.4 Å². The number of rotatable bonds is 5. The summed E-state index contributed by atoms with van der Waals surface area (Å²) in [6, 6.07) is 4.59. The first-order valence-electron chi connectivity index (χ1n) is 6.49. The summed E-state index contributed by atoms with van der Waals surface area (Å²) in [4.78, 5) is 38.5. The molecule has 1 fully saturated rings. The number of likely N-dealkylation sites (N-methyl/N-ethyl adjacent to an activating group) is 1. The molecule has 118 valence electrons. The van der Waals surface area contributed by atoms with Crippen LogP contribution in [0.1, 0.15) is 5.56 Å². The largest absolute Gasteiger partial charge is 0.496 e. The molecule has 0 aromatic heterocycles. The molecule has 0 radical (unpaired) electrons. The maximum absolute atomic E-state index is 11.8. The minimum absolute atomic E-state index is 0.00339. The molecule has 1 aliphatic heterocycles. The summed E-state index contributed by atoms with van der Waals surface area (Å²) in [5.41, 5.74) is 0.816. The van der Waals surface area contributed by atoms with Crippen LogP contribution in [0.15, 0.2) is 18.2 Å². The van der Waals surface area contributed by atoms with Crippen LogP contribution in [0.5, 0.6) is 5.75 Å². The normalized spacial score (nSPS) is 15.2. The fourth-order valence-corrected chi connectivity index (χ4v) is 2.39. The average molecular weight is 326 g/mol. The van der Waals surface area contributed by atoms with Gasteiger partial charge in [-0.25, -0.2) is 9.69 Å². The number of ether oxygens (including phenoxy) is 1. The molecule has 0 saturated carbocycles. The molecular formula is C14H16ClN3O4. The third-order valence-corrected chi connectivity index (χ3v) is 3.55. The second kappa shape index (κ2) is 6.33. The number of hydrogen-bond donors (Lipinski definition) is 0. The predicted octanol–water partition coefficient (Wildman–Crippen LogP) is 1.16. The monoisotopic (exact) mass is 325 g/mol. The highest BCUT2D eigenvalue weighted by molar-refractivity contribution is 6.44. The second-order valence-electron chi connectivity index (χ2n) is 4.99. The Bertz CT molecular complexity index is 635. The van der Waals surface area contributed by atoms with Gasteiger partial charge in [0.15, 0.2) is 0 Å². The third kappa shape index (κ3) is 3.05. The quantitative estimate of drug-likeness (QED) is 0.600. The zero-order chi connectivity index (χ0) is 16.4. The lowest BCUT2D eigenvalue weighted by Gasteiger charge is -2.22. The third-order valence-electron chi connectivity index (χ3n) is 3.32. The summed E-state index contributed by atoms with van der Waals surface area (Å²) in [7, 11) is 4.56. The van der Waals surface area contributed by atoms with Gasteiger partial charge in [-0.1, -0.05) is 11.6 Å². The van der Waals surface area contributed by atoms with Crippen molar-refractivity contribution < 1.29 is 19.1 Å². The van der Waals surface area contributed by atoms with Crippen molar-refractivity contribution in [3.05, 3.63) is 28.8 Å². The SMILES string of the molecule is COc1ccc(Cl)cc1CN(C)CN1C(=O)C(=O)N(C)C1=O. The van der Waals surface area contributed by atoms with Crippen LogP contribution in [0.3, 0.4) is 0 Å². The van der Waals surface area contributed by atoms with Crippen molar-refractivity contribution >= 4 is 29.4 Å². The van der Waals surface area contributed by atoms with Crippen LogP contribution in [0, 0.1) is 0 Å². The Hall–Kier alpha value is -2.12. The minimum atomic E-state index is -0.822. The van der Waals surface area contributed by atoms with Crippen LogP contribution in [0.2, 0.25) is 5.02 Å². The fourth-order valence-electron chi connectivity index (χ4n) is 2.19. The Kier molecular flexibility index (Phi) is 4.68. The van der Waals surface area contributed by atoms with Crippen LogP contribution in [0.25, 0.3) is 0 Å². The summed E-state index contributed by atoms with van der Waals surface area (Å²) in [6.45, 7) is 0.405. The number of methoxy groups -OCH3 is 1. The molecule has 0 atom stereocenters. The van der Waals surface area contributed by atoms with Gasteiger partial charge in [-0.3, -0.25) is 19.4 Å². The highest BCUT2D eigenvalue weighted by Gasteiger charge is 2.42. The number of imide groups is 2. The first-order valence-corrected chi connectivity index (χ1v) is 6.87. The van der Waals surface area contributed by atoms with E-state index in [1.165, 1.54) is 7.05 Å². The highest BCUT2D eigenvalue weighted by Crippen LogP contribution is 2.24. The number of hydrogen-bond acceptors (Lipinski definition) is 5. The molecule has 1 saturated heterocycles. The summed E-state index contributed by atoms with van der Waals surface area (Å²) >= 11 is 5.97. The van der Waals surface area contributed by atoms with Crippen molar-refractivity contribution in [3.63, 3.8) is 0 Å². The van der Waals surface area contributed by atoms with Gasteiger partial charge in [0.05, 0.1) is 13.8 Å². The molecule has 0 spiro atoms. The van der Waals surface area contributed by atoms with E-state index in [1.807, 2.05) is 0 Å². The van der Waals surface area contributed by atoms with Crippen molar-refractivity contribution in [1.29, 1.82) is 0 Å². The zero-order valence-electron chi connectivity index (χ0n) is 12.5. The Labute approximate surface area is 133 Å². The van der Waals surface area contributed by atoms with Gasteiger partial charge in [0.1, 0.15) is 5.75 Å². The number of halogens is 1. The van der Waals surface area contributed by atoms with Gasteiger partial charge in [0, 0.05) is 24.2 Å². The number of carbonyl (C=O) groups excluding carboxylic acids is 3. The molecule has 0 aliphatic carbocycles. The van der Waals surface area contributed by atoms with Crippen molar-refractivity contribution in [1.82, 2.24) is 14.7 Å². The lowest BCUT2D eigenvalue weighted by Crippen LogP contribution is -2.40. The van der Waals surface area contributed by atoms with E-state index in [1.54, 1.807) is 37.3 Å². The Morgan fingerprint density at radius 1 is 1.23 bits per heavy atom. The van der Waals surface area contributed by atoms with Crippen molar-refractivity contribution in [2.75, 3.05) is 27.9 Å². The predicted molar refractivity (Wildman–Crippen MR) is 79.4 cm³/mol. The standard InChI is InChI=1S/C14H16ClN3O4/c1-16(7-9-6-10(15)4-5-11(9)22-3)8-18-13(20)12(19)17(2)14(18)21/h4-6H,7-8H2,1-3H3. The Morgan fingerprint density at radius 3 is 2.45 bits per heavy atom. The summed E-state index contributed by atoms with van der Waals surface area (Å²) in [6.07, 6.45) is 0. The number of nitrogens with zero attached hydrogens (tertiary/aromatic N) is 3. The topological polar surface area (TPSA) is 70.2 Å². The molecule has 1 aliphatic rings. The molecule has 1 heterocycles. The zero-order valence-corrected chi connectivity index (χ0v) is 13.3. The van der Waals surface area contributed by atoms with E-state index in [0.717, 1.165) is 15.4 Å². The molecule has 0 unspecified atom stereocenters. The molecule has 7 nitrogen and oxygen atoms in total. The van der Waals surface area contributed by atoms with Crippen LogP contribution < -0.4 is 4.74 Å². The molecule has 0 bridgehead atoms. The summed E-state index contributed by atoms with van der Waals surface area (Å²) in [5, 5.41) is 0.562. The van der Waals surface area contributed by atoms with Gasteiger partial charge in [-0.15, -0.1) is 0 Å². The van der Waals surface area contributed by atoms with E-state index in [-0.39, 0.29) is 6.67 Å². The Morgan fingerprint density at radius 2 is 1.91 bits per heavy atom. The molecule has 2 rings (SSSR count). The maximum atomic E-state index is 11.8. The number of amides is 4. The molecule has 8 heteroatoms. The summed E-state index contributed by atoms with van der Waals surface area (Å²) in [5.74, 6) is -0.986. The molecular weight excluding hydrogens is 310 g/mol. The first kappa shape index (κ1) is 16.3. The van der Waals surface area contributed by atoms with Crippen molar-refractivity contribution in [2.24, 2.45) is 0 Å². The highest BCUT2D eigenvalue weighted by atomic mass is 35.5. The van der Waals surface area contributed by atoms with Crippen LogP contribution >= 0.6 is 11.6 Å². The molecule has 0 N–H and O–H groups in total. The fraction of sp³-hybridized carbons (Fsp3) is 0.357. The number of urea groups is 1. The average Bonchev–Trinajstić information content (AvgIpc) is 2.65. The first-order chi connectivity index (χ1) is 10.3. The lowest BCUT2D eigenvalue weighted by molar-refractivity contribution is -0.143. The van der Waals surface area contributed by atoms with E-state index < -0.39 is 17.8 Å². The van der Waals surface area contributed by atoms with Gasteiger partial charge in [0.2, 0.25) is 0 Å². The van der Waals surface area contributed by atoms with E-state index in [0.29, 0.717) is 17.3 Å². The van der Waals surface area contributed by atoms with Crippen molar-refractivity contribution in [2.45, 2.75) is 6.54 Å². The van der Waals surface area contributed by atoms with Gasteiger partial charge in [-0.2, -0.15) is 0 Å². The molecule has 22 heavy (non-hydrogen) atoms. The minimum Gasteiger partial charge on any atom is -0.496 e. The van der Waals surface area contributed by atoms with E-state index >= 15 is 0 Å². The molecule has 1 aromatic carbocycles. The van der Waals surface area contributed by atoms with Crippen LogP contribution in [0.4, 0.5) is 4.79 Å². The van der Waals surface area contributed by atoms with Gasteiger partial charge in [0.25, 0.3) is 0 Å². The molecule has 1 aromatic rings. The van der Waals surface area contributed by atoms with E-state index in [4.69, 9.17) is 16.3 Å². The smallest absolute Gasteiger partial charge is 0.335 e. The Balaban J connectivity index is 2.09. The number of carbonyl (C=O) groups is 3. The second-order valence-corrected chi connectivity index (χ2v) is 5.43. The molecule has 4 amide bonds. The lowest BCUT2D eigenvalue weighted by atomic mass is 10.2. The van der Waals surface area contributed by atoms with Crippen LogP contribution in [-0.2, 0) is 16.1 Å². The van der Waals surface area contributed by atoms with Crippen LogP contribution in [-0.4, -0.2) is 60.4 Å². The number of benzene rings is 1. The maximum Gasteiger partial charge on any atom is 0.335 e.